The first-order valence-corrected chi connectivity index (χ1v) is 8.99. The molecule has 2 N–H and O–H groups in total. The highest BCUT2D eigenvalue weighted by Crippen LogP contribution is 2.23. The third-order valence-corrected chi connectivity index (χ3v) is 4.19. The maximum Gasteiger partial charge on any atom is 0.411 e. The van der Waals surface area contributed by atoms with Gasteiger partial charge in [0, 0.05) is 23.8 Å². The van der Waals surface area contributed by atoms with E-state index in [-0.39, 0.29) is 12.3 Å². The first kappa shape index (κ1) is 19.2. The van der Waals surface area contributed by atoms with Gasteiger partial charge in [-0.05, 0) is 55.3 Å². The smallest absolute Gasteiger partial charge is 0.411 e. The van der Waals surface area contributed by atoms with Gasteiger partial charge in [-0.25, -0.2) is 9.48 Å². The van der Waals surface area contributed by atoms with Crippen molar-refractivity contribution in [2.75, 3.05) is 17.2 Å². The highest BCUT2D eigenvalue weighted by molar-refractivity contribution is 5.95. The summed E-state index contributed by atoms with van der Waals surface area (Å²) in [7, 11) is 0. The Morgan fingerprint density at radius 3 is 2.39 bits per heavy atom. The number of aromatic nitrogens is 2. The Morgan fingerprint density at radius 2 is 1.75 bits per heavy atom. The van der Waals surface area contributed by atoms with Crippen molar-refractivity contribution in [2.45, 2.75) is 20.3 Å². The lowest BCUT2D eigenvalue weighted by Gasteiger charge is -2.13. The van der Waals surface area contributed by atoms with Gasteiger partial charge in [0.15, 0.2) is 0 Å². The van der Waals surface area contributed by atoms with E-state index in [0.717, 1.165) is 16.8 Å². The van der Waals surface area contributed by atoms with E-state index in [2.05, 4.69) is 15.7 Å². The number of carbonyl (C=O) groups excluding carboxylic acids is 2. The average molecular weight is 378 g/mol. The molecule has 144 valence electrons. The van der Waals surface area contributed by atoms with Crippen molar-refractivity contribution in [3.05, 3.63) is 72.1 Å². The largest absolute Gasteiger partial charge is 0.450 e. The van der Waals surface area contributed by atoms with Crippen molar-refractivity contribution in [1.29, 1.82) is 0 Å². The van der Waals surface area contributed by atoms with Gasteiger partial charge >= 0.3 is 6.09 Å². The van der Waals surface area contributed by atoms with Crippen LogP contribution in [0.2, 0.25) is 0 Å². The minimum absolute atomic E-state index is 0.136. The highest BCUT2D eigenvalue weighted by atomic mass is 16.5. The molecule has 2 amide bonds. The van der Waals surface area contributed by atoms with Gasteiger partial charge in [0.2, 0.25) is 5.91 Å². The predicted octanol–water partition coefficient (Wildman–Crippen LogP) is 3.93. The zero-order chi connectivity index (χ0) is 19.9. The molecule has 0 aliphatic rings. The number of benzene rings is 2. The third kappa shape index (κ3) is 4.76. The number of carbonyl (C=O) groups is 2. The van der Waals surface area contributed by atoms with Crippen LogP contribution in [0.5, 0.6) is 0 Å². The summed E-state index contributed by atoms with van der Waals surface area (Å²) in [4.78, 5) is 24.1. The fourth-order valence-corrected chi connectivity index (χ4v) is 2.75. The molecule has 7 nitrogen and oxygen atoms in total. The van der Waals surface area contributed by atoms with Crippen LogP contribution in [0.25, 0.3) is 5.69 Å². The maximum atomic E-state index is 12.4. The minimum Gasteiger partial charge on any atom is -0.450 e. The Balaban J connectivity index is 1.64. The van der Waals surface area contributed by atoms with Crippen molar-refractivity contribution in [2.24, 2.45) is 0 Å². The molecule has 1 aromatic heterocycles. The first-order chi connectivity index (χ1) is 13.6. The Morgan fingerprint density at radius 1 is 1.04 bits per heavy atom. The molecule has 0 radical (unpaired) electrons. The second kappa shape index (κ2) is 8.85. The Hall–Kier alpha value is -3.61. The SMILES string of the molecule is CCOC(=O)Nc1cccc(NC(=O)Cc2ccc(-n3cccn3)cc2)c1C. The molecule has 0 saturated carbocycles. The summed E-state index contributed by atoms with van der Waals surface area (Å²) < 4.78 is 6.65. The van der Waals surface area contributed by atoms with Crippen LogP contribution in [0.15, 0.2) is 60.9 Å². The van der Waals surface area contributed by atoms with Crippen molar-refractivity contribution in [3.8, 4) is 5.69 Å². The van der Waals surface area contributed by atoms with Gasteiger partial charge in [0.25, 0.3) is 0 Å². The maximum absolute atomic E-state index is 12.4. The summed E-state index contributed by atoms with van der Waals surface area (Å²) >= 11 is 0. The van der Waals surface area contributed by atoms with E-state index < -0.39 is 6.09 Å². The van der Waals surface area contributed by atoms with Crippen molar-refractivity contribution in [1.82, 2.24) is 9.78 Å². The van der Waals surface area contributed by atoms with Gasteiger partial charge in [0.1, 0.15) is 0 Å². The summed E-state index contributed by atoms with van der Waals surface area (Å²) in [6, 6.07) is 14.8. The quantitative estimate of drug-likeness (QED) is 0.681. The molecule has 2 aromatic carbocycles. The highest BCUT2D eigenvalue weighted by Gasteiger charge is 2.11. The first-order valence-electron chi connectivity index (χ1n) is 8.99. The number of nitrogens with zero attached hydrogens (tertiary/aromatic N) is 2. The summed E-state index contributed by atoms with van der Waals surface area (Å²) in [6.07, 6.45) is 3.30. The van der Waals surface area contributed by atoms with Gasteiger partial charge in [-0.1, -0.05) is 18.2 Å². The van der Waals surface area contributed by atoms with Crippen LogP contribution >= 0.6 is 0 Å². The van der Waals surface area contributed by atoms with Gasteiger partial charge in [-0.2, -0.15) is 5.10 Å². The molecule has 0 fully saturated rings. The third-order valence-electron chi connectivity index (χ3n) is 4.19. The molecule has 3 rings (SSSR count). The minimum atomic E-state index is -0.522. The van der Waals surface area contributed by atoms with E-state index in [1.54, 1.807) is 36.0 Å². The van der Waals surface area contributed by atoms with Crippen LogP contribution in [0.3, 0.4) is 0 Å². The number of ether oxygens (including phenoxy) is 1. The molecule has 0 aliphatic carbocycles. The lowest BCUT2D eigenvalue weighted by Crippen LogP contribution is -2.17. The Kier molecular flexibility index (Phi) is 6.06. The Bertz CT molecular complexity index is 950. The van der Waals surface area contributed by atoms with E-state index in [0.29, 0.717) is 18.0 Å². The molecule has 7 heteroatoms. The molecule has 0 aliphatic heterocycles. The molecule has 0 atom stereocenters. The van der Waals surface area contributed by atoms with Crippen LogP contribution in [-0.4, -0.2) is 28.4 Å². The number of hydrogen-bond donors (Lipinski definition) is 2. The molecular formula is C21H22N4O3. The molecule has 0 unspecified atom stereocenters. The van der Waals surface area contributed by atoms with Crippen molar-refractivity contribution in [3.63, 3.8) is 0 Å². The number of hydrogen-bond acceptors (Lipinski definition) is 4. The zero-order valence-electron chi connectivity index (χ0n) is 15.8. The van der Waals surface area contributed by atoms with Crippen LogP contribution in [0.4, 0.5) is 16.2 Å². The molecule has 0 bridgehead atoms. The summed E-state index contributed by atoms with van der Waals surface area (Å²) in [5.41, 5.74) is 3.83. The predicted molar refractivity (Wildman–Crippen MR) is 108 cm³/mol. The van der Waals surface area contributed by atoms with Crippen LogP contribution < -0.4 is 10.6 Å². The van der Waals surface area contributed by atoms with Crippen LogP contribution in [-0.2, 0) is 16.0 Å². The summed E-state index contributed by atoms with van der Waals surface area (Å²) in [5, 5.41) is 9.75. The lowest BCUT2D eigenvalue weighted by atomic mass is 10.1. The van der Waals surface area contributed by atoms with E-state index in [1.807, 2.05) is 43.5 Å². The van der Waals surface area contributed by atoms with E-state index in [4.69, 9.17) is 4.74 Å². The summed E-state index contributed by atoms with van der Waals surface area (Å²) in [6.45, 7) is 3.86. The molecule has 0 saturated heterocycles. The van der Waals surface area contributed by atoms with Crippen molar-refractivity contribution >= 4 is 23.4 Å². The lowest BCUT2D eigenvalue weighted by molar-refractivity contribution is -0.115. The van der Waals surface area contributed by atoms with Gasteiger partial charge in [0.05, 0.1) is 18.7 Å². The number of rotatable bonds is 6. The monoisotopic (exact) mass is 378 g/mol. The fourth-order valence-electron chi connectivity index (χ4n) is 2.75. The zero-order valence-corrected chi connectivity index (χ0v) is 15.8. The van der Waals surface area contributed by atoms with Gasteiger partial charge in [-0.15, -0.1) is 0 Å². The molecule has 0 spiro atoms. The van der Waals surface area contributed by atoms with Crippen LogP contribution in [0, 0.1) is 6.92 Å². The summed E-state index contributed by atoms with van der Waals surface area (Å²) in [5.74, 6) is -0.136. The molecule has 3 aromatic rings. The second-order valence-electron chi connectivity index (χ2n) is 6.17. The fraction of sp³-hybridized carbons (Fsp3) is 0.190. The standard InChI is InChI=1S/C21H22N4O3/c1-3-28-21(27)24-19-7-4-6-18(15(19)2)23-20(26)14-16-8-10-17(11-9-16)25-13-5-12-22-25/h4-13H,3,14H2,1-2H3,(H,23,26)(H,24,27). The normalized spacial score (nSPS) is 10.4. The molecule has 28 heavy (non-hydrogen) atoms. The van der Waals surface area contributed by atoms with Gasteiger partial charge in [-0.3, -0.25) is 10.1 Å². The topological polar surface area (TPSA) is 85.3 Å². The van der Waals surface area contributed by atoms with Crippen molar-refractivity contribution < 1.29 is 14.3 Å². The number of anilines is 2. The average Bonchev–Trinajstić information content (AvgIpc) is 3.20. The number of amides is 2. The second-order valence-corrected chi connectivity index (χ2v) is 6.17. The number of nitrogens with one attached hydrogen (secondary N) is 2. The Labute approximate surface area is 163 Å². The van der Waals surface area contributed by atoms with Gasteiger partial charge < -0.3 is 10.1 Å². The van der Waals surface area contributed by atoms with E-state index in [1.165, 1.54) is 0 Å². The van der Waals surface area contributed by atoms with E-state index in [9.17, 15) is 9.59 Å². The molecular weight excluding hydrogens is 356 g/mol. The van der Waals surface area contributed by atoms with E-state index >= 15 is 0 Å². The van der Waals surface area contributed by atoms with Crippen LogP contribution in [0.1, 0.15) is 18.1 Å². The molecule has 1 heterocycles.